The van der Waals surface area contributed by atoms with Gasteiger partial charge in [-0.15, -0.1) is 11.3 Å². The van der Waals surface area contributed by atoms with E-state index >= 15 is 0 Å². The van der Waals surface area contributed by atoms with Gasteiger partial charge in [0.2, 0.25) is 15.9 Å². The molecule has 1 unspecified atom stereocenters. The van der Waals surface area contributed by atoms with E-state index in [0.29, 0.717) is 23.8 Å². The summed E-state index contributed by atoms with van der Waals surface area (Å²) in [6.45, 7) is -0.951. The van der Waals surface area contributed by atoms with Gasteiger partial charge in [-0.3, -0.25) is 4.79 Å². The van der Waals surface area contributed by atoms with Gasteiger partial charge in [0.15, 0.2) is 0 Å². The third kappa shape index (κ3) is 5.75. The van der Waals surface area contributed by atoms with E-state index in [2.05, 4.69) is 0 Å². The molecule has 41 heavy (non-hydrogen) atoms. The number of halogens is 4. The number of alkyl halides is 3. The lowest BCUT2D eigenvalue weighted by Gasteiger charge is -2.44. The molecule has 0 spiro atoms. The molecule has 1 aliphatic heterocycles. The Labute approximate surface area is 238 Å². The molecular weight excluding hydrogens is 584 g/mol. The Morgan fingerprint density at radius 3 is 2.32 bits per heavy atom. The third-order valence-electron chi connectivity index (χ3n) is 7.60. The van der Waals surface area contributed by atoms with Crippen molar-refractivity contribution in [2.24, 2.45) is 5.92 Å². The third-order valence-corrected chi connectivity index (χ3v) is 10.6. The number of hydrogen-bond acceptors (Lipinski definition) is 5. The van der Waals surface area contributed by atoms with Crippen molar-refractivity contribution in [1.29, 1.82) is 0 Å². The number of carboxylic acid groups (broad SMARTS) is 1. The number of carbonyl (C=O) groups excluding carboxylic acids is 1. The van der Waals surface area contributed by atoms with Gasteiger partial charge in [0, 0.05) is 11.4 Å². The highest BCUT2D eigenvalue weighted by molar-refractivity contribution is 7.89. The fourth-order valence-corrected chi connectivity index (χ4v) is 8.06. The number of benzene rings is 2. The van der Waals surface area contributed by atoms with Crippen molar-refractivity contribution in [3.05, 3.63) is 70.9 Å². The van der Waals surface area contributed by atoms with Crippen LogP contribution in [0, 0.1) is 11.7 Å². The first-order valence-corrected chi connectivity index (χ1v) is 15.2. The highest BCUT2D eigenvalue weighted by Crippen LogP contribution is 2.42. The summed E-state index contributed by atoms with van der Waals surface area (Å²) in [7, 11) is -4.63. The topological polar surface area (TPSA) is 95.0 Å². The fourth-order valence-electron chi connectivity index (χ4n) is 5.63. The number of carboxylic acids is 1. The van der Waals surface area contributed by atoms with Crippen molar-refractivity contribution in [3.63, 3.8) is 0 Å². The Morgan fingerprint density at radius 2 is 1.68 bits per heavy atom. The largest absolute Gasteiger partial charge is 0.477 e. The zero-order valence-corrected chi connectivity index (χ0v) is 23.2. The van der Waals surface area contributed by atoms with Crippen LogP contribution in [0.1, 0.15) is 47.3 Å². The molecule has 2 aromatic carbocycles. The molecule has 1 atom stereocenters. The summed E-state index contributed by atoms with van der Waals surface area (Å²) < 4.78 is 81.8. The molecular formula is C28H26F4N2O5S2. The van der Waals surface area contributed by atoms with E-state index in [1.54, 1.807) is 18.2 Å². The molecule has 0 radical (unpaired) electrons. The first-order chi connectivity index (χ1) is 19.4. The number of sulfonamides is 1. The Hall–Kier alpha value is -3.29. The Kier molecular flexibility index (Phi) is 7.96. The first-order valence-electron chi connectivity index (χ1n) is 13.0. The maximum atomic E-state index is 13.9. The number of aromatic carboxylic acids is 1. The van der Waals surface area contributed by atoms with Crippen molar-refractivity contribution in [2.75, 3.05) is 18.0 Å². The van der Waals surface area contributed by atoms with Gasteiger partial charge in [0.05, 0.1) is 28.7 Å². The molecule has 7 nitrogen and oxygen atoms in total. The highest BCUT2D eigenvalue weighted by Gasteiger charge is 2.45. The molecule has 1 saturated heterocycles. The van der Waals surface area contributed by atoms with Gasteiger partial charge < -0.3 is 10.0 Å². The molecule has 3 aromatic rings. The lowest BCUT2D eigenvalue weighted by molar-refractivity contribution is -0.140. The van der Waals surface area contributed by atoms with E-state index in [1.165, 1.54) is 4.90 Å². The van der Waals surface area contributed by atoms with Gasteiger partial charge in [-0.1, -0.05) is 49.6 Å². The molecule has 2 fully saturated rings. The first kappa shape index (κ1) is 29.2. The van der Waals surface area contributed by atoms with E-state index in [9.17, 15) is 40.7 Å². The predicted octanol–water partition coefficient (Wildman–Crippen LogP) is 6.26. The van der Waals surface area contributed by atoms with Crippen molar-refractivity contribution in [3.8, 4) is 10.4 Å². The van der Waals surface area contributed by atoms with Crippen LogP contribution in [0.2, 0.25) is 0 Å². The predicted molar refractivity (Wildman–Crippen MR) is 145 cm³/mol. The molecule has 13 heteroatoms. The SMILES string of the molecule is O=C(O)c1sc(-c2ccccc2)cc1N1C(=O)CN(S(=O)(=O)c2ccc(F)c(C(F)(F)F)c2)CC1C1CCCCC1. The van der Waals surface area contributed by atoms with Crippen LogP contribution in [0.25, 0.3) is 10.4 Å². The average Bonchev–Trinajstić information content (AvgIpc) is 3.38. The number of nitrogens with zero attached hydrogens (tertiary/aromatic N) is 2. The lowest BCUT2D eigenvalue weighted by atomic mass is 9.82. The van der Waals surface area contributed by atoms with Gasteiger partial charge in [-0.25, -0.2) is 17.6 Å². The second-order valence-corrected chi connectivity index (χ2v) is 13.2. The second-order valence-electron chi connectivity index (χ2n) is 10.2. The molecule has 1 aromatic heterocycles. The lowest BCUT2D eigenvalue weighted by Crippen LogP contribution is -2.60. The van der Waals surface area contributed by atoms with Crippen LogP contribution >= 0.6 is 11.3 Å². The molecule has 1 amide bonds. The number of amides is 1. The van der Waals surface area contributed by atoms with Gasteiger partial charge in [0.1, 0.15) is 10.7 Å². The molecule has 1 saturated carbocycles. The summed E-state index contributed by atoms with van der Waals surface area (Å²) in [6.07, 6.45) is -1.12. The molecule has 1 aliphatic carbocycles. The summed E-state index contributed by atoms with van der Waals surface area (Å²) in [4.78, 5) is 27.2. The molecule has 2 aliphatic rings. The maximum Gasteiger partial charge on any atom is 0.419 e. The maximum absolute atomic E-state index is 13.9. The zero-order valence-electron chi connectivity index (χ0n) is 21.6. The smallest absolute Gasteiger partial charge is 0.419 e. The number of hydrogen-bond donors (Lipinski definition) is 1. The molecule has 2 heterocycles. The van der Waals surface area contributed by atoms with E-state index in [-0.39, 0.29) is 29.1 Å². The van der Waals surface area contributed by atoms with Crippen LogP contribution in [0.3, 0.4) is 0 Å². The number of anilines is 1. The van der Waals surface area contributed by atoms with Crippen molar-refractivity contribution in [2.45, 2.75) is 49.2 Å². The molecule has 0 bridgehead atoms. The van der Waals surface area contributed by atoms with Crippen LogP contribution in [-0.2, 0) is 21.0 Å². The fraction of sp³-hybridized carbons (Fsp3) is 0.357. The van der Waals surface area contributed by atoms with Crippen LogP contribution in [0.4, 0.5) is 23.2 Å². The van der Waals surface area contributed by atoms with Gasteiger partial charge in [0.25, 0.3) is 0 Å². The van der Waals surface area contributed by atoms with E-state index < -0.39 is 56.9 Å². The van der Waals surface area contributed by atoms with E-state index in [4.69, 9.17) is 0 Å². The monoisotopic (exact) mass is 610 g/mol. The van der Waals surface area contributed by atoms with Crippen molar-refractivity contribution in [1.82, 2.24) is 4.31 Å². The number of thiophene rings is 1. The van der Waals surface area contributed by atoms with Gasteiger partial charge >= 0.3 is 12.1 Å². The summed E-state index contributed by atoms with van der Waals surface area (Å²) in [5.41, 5.74) is -0.795. The van der Waals surface area contributed by atoms with Gasteiger partial charge in [-0.05, 0) is 48.6 Å². The standard InChI is InChI=1S/C28H26F4N2O5S2/c29-21-12-11-19(13-20(21)28(30,31)32)41(38,39)33-15-23(17-7-3-1-4-8-17)34(25(35)16-33)22-14-24(40-26(22)27(36)37)18-9-5-2-6-10-18/h2,5-6,9-14,17,23H,1,3-4,7-8,15-16H2,(H,36,37). The number of rotatable bonds is 6. The van der Waals surface area contributed by atoms with Crippen LogP contribution in [-0.4, -0.2) is 48.8 Å². The summed E-state index contributed by atoms with van der Waals surface area (Å²) in [6, 6.07) is 11.3. The number of carbonyl (C=O) groups is 2. The molecule has 1 N–H and O–H groups in total. The van der Waals surface area contributed by atoms with Crippen molar-refractivity contribution >= 4 is 38.9 Å². The van der Waals surface area contributed by atoms with Crippen LogP contribution in [0.15, 0.2) is 59.5 Å². The van der Waals surface area contributed by atoms with E-state index in [0.717, 1.165) is 46.5 Å². The molecule has 218 valence electrons. The zero-order chi connectivity index (χ0) is 29.5. The van der Waals surface area contributed by atoms with E-state index in [1.807, 2.05) is 18.2 Å². The Bertz CT molecular complexity index is 1570. The average molecular weight is 611 g/mol. The molecule has 5 rings (SSSR count). The minimum atomic E-state index is -5.11. The Balaban J connectivity index is 1.56. The van der Waals surface area contributed by atoms with Gasteiger partial charge in [-0.2, -0.15) is 17.5 Å². The summed E-state index contributed by atoms with van der Waals surface area (Å²) in [5, 5.41) is 10.0. The minimum absolute atomic E-state index is 0.0670. The minimum Gasteiger partial charge on any atom is -0.477 e. The normalized spacial score (nSPS) is 19.5. The van der Waals surface area contributed by atoms with Crippen LogP contribution < -0.4 is 4.90 Å². The highest BCUT2D eigenvalue weighted by atomic mass is 32.2. The summed E-state index contributed by atoms with van der Waals surface area (Å²) in [5.74, 6) is -3.69. The Morgan fingerprint density at radius 1 is 1.00 bits per heavy atom. The second kappa shape index (κ2) is 11.2. The number of piperazine rings is 1. The van der Waals surface area contributed by atoms with Crippen LogP contribution in [0.5, 0.6) is 0 Å². The van der Waals surface area contributed by atoms with Crippen molar-refractivity contribution < 1.29 is 40.7 Å². The summed E-state index contributed by atoms with van der Waals surface area (Å²) >= 11 is 1.01. The quantitative estimate of drug-likeness (QED) is 0.333.